The third kappa shape index (κ3) is 5.57. The van der Waals surface area contributed by atoms with Crippen LogP contribution >= 0.6 is 46.1 Å². The molecule has 0 unspecified atom stereocenters. The van der Waals surface area contributed by atoms with Crippen LogP contribution in [0.3, 0.4) is 0 Å². The number of pyridine rings is 1. The average Bonchev–Trinajstić information content (AvgIpc) is 3.51. The summed E-state index contributed by atoms with van der Waals surface area (Å²) in [5, 5.41) is 8.06. The third-order valence-corrected chi connectivity index (χ3v) is 7.02. The molecule has 186 valence electrons. The first-order valence-corrected chi connectivity index (χ1v) is 12.3. The summed E-state index contributed by atoms with van der Waals surface area (Å²) < 4.78 is 10.7. The number of benzene rings is 1. The van der Waals surface area contributed by atoms with E-state index in [1.54, 1.807) is 29.5 Å². The van der Waals surface area contributed by atoms with Crippen LogP contribution in [0.5, 0.6) is 5.75 Å². The lowest BCUT2D eigenvalue weighted by Gasteiger charge is -2.16. The molecule has 36 heavy (non-hydrogen) atoms. The molecule has 3 heterocycles. The predicted octanol–water partition coefficient (Wildman–Crippen LogP) is 6.24. The zero-order valence-electron chi connectivity index (χ0n) is 18.8. The quantitative estimate of drug-likeness (QED) is 0.260. The van der Waals surface area contributed by atoms with Crippen molar-refractivity contribution in [3.05, 3.63) is 79.4 Å². The summed E-state index contributed by atoms with van der Waals surface area (Å²) >= 11 is 19.8. The lowest BCUT2D eigenvalue weighted by atomic mass is 10.1. The van der Waals surface area contributed by atoms with Crippen molar-refractivity contribution in [1.29, 1.82) is 0 Å². The lowest BCUT2D eigenvalue weighted by molar-refractivity contribution is 0.102. The molecule has 4 rings (SSSR count). The van der Waals surface area contributed by atoms with Gasteiger partial charge in [0.05, 0.1) is 39.6 Å². The Kier molecular flexibility index (Phi) is 8.00. The summed E-state index contributed by atoms with van der Waals surface area (Å²) in [7, 11) is 3.17. The van der Waals surface area contributed by atoms with Gasteiger partial charge in [0.15, 0.2) is 5.75 Å². The van der Waals surface area contributed by atoms with Gasteiger partial charge in [-0.05, 0) is 29.6 Å². The van der Waals surface area contributed by atoms with Crippen LogP contribution < -0.4 is 20.3 Å². The third-order valence-electron chi connectivity index (χ3n) is 4.93. The second-order valence-corrected chi connectivity index (χ2v) is 9.45. The zero-order valence-corrected chi connectivity index (χ0v) is 21.9. The summed E-state index contributed by atoms with van der Waals surface area (Å²) in [6.07, 6.45) is 4.40. The molecule has 0 aliphatic rings. The molecule has 0 saturated carbocycles. The summed E-state index contributed by atoms with van der Waals surface area (Å²) in [4.78, 5) is 36.4. The minimum absolute atomic E-state index is 0.0874. The number of halogens is 3. The molecule has 1 aromatic carbocycles. The fourth-order valence-electron chi connectivity index (χ4n) is 3.24. The van der Waals surface area contributed by atoms with Crippen LogP contribution in [0.25, 0.3) is 0 Å². The minimum atomic E-state index is -0.541. The van der Waals surface area contributed by atoms with E-state index >= 15 is 0 Å². The van der Waals surface area contributed by atoms with E-state index in [1.807, 2.05) is 0 Å². The Morgan fingerprint density at radius 2 is 1.92 bits per heavy atom. The fourth-order valence-corrected chi connectivity index (χ4v) is 4.83. The van der Waals surface area contributed by atoms with Crippen LogP contribution in [-0.4, -0.2) is 35.9 Å². The Bertz CT molecular complexity index is 1390. The maximum Gasteiger partial charge on any atom is 0.297 e. The first-order chi connectivity index (χ1) is 17.3. The number of nitrogens with zero attached hydrogens (tertiary/aromatic N) is 3. The van der Waals surface area contributed by atoms with Gasteiger partial charge in [0.1, 0.15) is 17.0 Å². The first kappa shape index (κ1) is 25.8. The van der Waals surface area contributed by atoms with Crippen LogP contribution in [0.1, 0.15) is 25.6 Å². The van der Waals surface area contributed by atoms with E-state index in [0.717, 1.165) is 11.3 Å². The Morgan fingerprint density at radius 1 is 1.11 bits per heavy atom. The molecule has 0 aliphatic heterocycles. The molecular formula is C23H18Cl3N5O4S. The van der Waals surface area contributed by atoms with Crippen molar-refractivity contribution in [2.75, 3.05) is 29.7 Å². The Labute approximate surface area is 225 Å². The molecule has 0 saturated heterocycles. The highest BCUT2D eigenvalue weighted by atomic mass is 35.5. The van der Waals surface area contributed by atoms with Gasteiger partial charge in [0, 0.05) is 25.4 Å². The number of aromatic nitrogens is 2. The monoisotopic (exact) mass is 565 g/mol. The van der Waals surface area contributed by atoms with Crippen molar-refractivity contribution in [2.24, 2.45) is 0 Å². The number of anilines is 3. The van der Waals surface area contributed by atoms with Gasteiger partial charge in [-0.15, -0.1) is 11.3 Å². The smallest absolute Gasteiger partial charge is 0.297 e. The van der Waals surface area contributed by atoms with Crippen molar-refractivity contribution in [3.8, 4) is 5.75 Å². The van der Waals surface area contributed by atoms with Gasteiger partial charge in [-0.1, -0.05) is 34.8 Å². The molecule has 0 aliphatic carbocycles. The van der Waals surface area contributed by atoms with Crippen LogP contribution in [0.15, 0.2) is 52.7 Å². The SMILES string of the molecule is COc1c(Cl)ccc(C(=O)Nc2ccc(Cl)cn2)c1NC(=O)c1scc(CN(C)c2ncco2)c1Cl. The molecule has 0 bridgehead atoms. The number of rotatable bonds is 8. The van der Waals surface area contributed by atoms with Crippen LogP contribution in [0, 0.1) is 0 Å². The molecule has 9 nitrogen and oxygen atoms in total. The predicted molar refractivity (Wildman–Crippen MR) is 141 cm³/mol. The number of hydrogen-bond acceptors (Lipinski definition) is 8. The van der Waals surface area contributed by atoms with Crippen LogP contribution in [-0.2, 0) is 6.54 Å². The van der Waals surface area contributed by atoms with Crippen LogP contribution in [0.4, 0.5) is 17.5 Å². The Morgan fingerprint density at radius 3 is 2.58 bits per heavy atom. The molecular weight excluding hydrogens is 549 g/mol. The van der Waals surface area contributed by atoms with E-state index in [9.17, 15) is 9.59 Å². The maximum absolute atomic E-state index is 13.2. The van der Waals surface area contributed by atoms with E-state index in [4.69, 9.17) is 44.0 Å². The number of amides is 2. The van der Waals surface area contributed by atoms with Crippen molar-refractivity contribution >= 4 is 75.5 Å². The van der Waals surface area contributed by atoms with E-state index in [2.05, 4.69) is 20.6 Å². The highest BCUT2D eigenvalue weighted by Crippen LogP contribution is 2.38. The summed E-state index contributed by atoms with van der Waals surface area (Å²) in [5.74, 6) is -0.676. The van der Waals surface area contributed by atoms with E-state index in [1.165, 1.54) is 37.9 Å². The number of oxazole rings is 1. The number of hydrogen-bond donors (Lipinski definition) is 2. The fraction of sp³-hybridized carbons (Fsp3) is 0.130. The van der Waals surface area contributed by atoms with E-state index in [0.29, 0.717) is 23.1 Å². The highest BCUT2D eigenvalue weighted by Gasteiger charge is 2.24. The first-order valence-electron chi connectivity index (χ1n) is 10.3. The van der Waals surface area contributed by atoms with Gasteiger partial charge in [0.25, 0.3) is 17.8 Å². The highest BCUT2D eigenvalue weighted by molar-refractivity contribution is 7.13. The second-order valence-electron chi connectivity index (χ2n) is 7.35. The van der Waals surface area contributed by atoms with Crippen molar-refractivity contribution in [3.63, 3.8) is 0 Å². The number of ether oxygens (including phenoxy) is 1. The summed E-state index contributed by atoms with van der Waals surface area (Å²) in [5.41, 5.74) is 0.902. The number of carbonyl (C=O) groups excluding carboxylic acids is 2. The number of nitrogens with one attached hydrogen (secondary N) is 2. The molecule has 0 atom stereocenters. The Balaban J connectivity index is 1.59. The van der Waals surface area contributed by atoms with Gasteiger partial charge >= 0.3 is 0 Å². The zero-order chi connectivity index (χ0) is 25.8. The second kappa shape index (κ2) is 11.2. The molecule has 0 fully saturated rings. The molecule has 4 aromatic rings. The minimum Gasteiger partial charge on any atom is -0.493 e. The maximum atomic E-state index is 13.2. The standard InChI is InChI=1S/C23H18Cl3N5O4S/c1-31(23-27-7-8-35-23)10-12-11-36-20(17(12)26)22(33)30-18-14(4-5-15(25)19(18)34-2)21(32)29-16-6-3-13(24)9-28-16/h3-9,11H,10H2,1-2H3,(H,30,33)(H,28,29,32). The van der Waals surface area contributed by atoms with Gasteiger partial charge in [-0.3, -0.25) is 9.59 Å². The van der Waals surface area contributed by atoms with Gasteiger partial charge in [0.2, 0.25) is 0 Å². The van der Waals surface area contributed by atoms with Crippen LogP contribution in [0.2, 0.25) is 15.1 Å². The van der Waals surface area contributed by atoms with Crippen molar-refractivity contribution in [1.82, 2.24) is 9.97 Å². The average molecular weight is 567 g/mol. The molecule has 13 heteroatoms. The number of carbonyl (C=O) groups is 2. The van der Waals surface area contributed by atoms with Gasteiger partial charge < -0.3 is 24.7 Å². The normalized spacial score (nSPS) is 10.7. The van der Waals surface area contributed by atoms with E-state index in [-0.39, 0.29) is 37.7 Å². The van der Waals surface area contributed by atoms with Gasteiger partial charge in [-0.25, -0.2) is 9.97 Å². The van der Waals surface area contributed by atoms with Gasteiger partial charge in [-0.2, -0.15) is 0 Å². The Hall–Kier alpha value is -3.31. The molecule has 0 spiro atoms. The molecule has 3 aromatic heterocycles. The molecule has 0 radical (unpaired) electrons. The van der Waals surface area contributed by atoms with Crippen molar-refractivity contribution < 1.29 is 18.7 Å². The van der Waals surface area contributed by atoms with Crippen molar-refractivity contribution in [2.45, 2.75) is 6.54 Å². The molecule has 2 amide bonds. The summed E-state index contributed by atoms with van der Waals surface area (Å²) in [6.45, 7) is 0.366. The number of thiophene rings is 1. The topological polar surface area (TPSA) is 110 Å². The molecule has 2 N–H and O–H groups in total. The lowest BCUT2D eigenvalue weighted by Crippen LogP contribution is -2.19. The largest absolute Gasteiger partial charge is 0.493 e. The summed E-state index contributed by atoms with van der Waals surface area (Å²) in [6, 6.07) is 6.52. The number of methoxy groups -OCH3 is 1. The van der Waals surface area contributed by atoms with E-state index < -0.39 is 11.8 Å².